The van der Waals surface area contributed by atoms with E-state index in [1.807, 2.05) is 74.5 Å². The van der Waals surface area contributed by atoms with Gasteiger partial charge in [0.05, 0.1) is 0 Å². The number of rotatable bonds is 5. The Labute approximate surface area is 115 Å². The molecule has 0 radical (unpaired) electrons. The summed E-state index contributed by atoms with van der Waals surface area (Å²) in [6, 6.07) is 19.6. The van der Waals surface area contributed by atoms with Gasteiger partial charge in [-0.15, -0.1) is 0 Å². The van der Waals surface area contributed by atoms with Gasteiger partial charge in [0.2, 0.25) is 0 Å². The summed E-state index contributed by atoms with van der Waals surface area (Å²) in [6.07, 6.45) is 0. The van der Waals surface area contributed by atoms with Crippen LogP contribution in [0.1, 0.15) is 25.0 Å². The van der Waals surface area contributed by atoms with E-state index in [4.69, 9.17) is 0 Å². The smallest absolute Gasteiger partial charge is 0.130 e. The molecule has 0 bridgehead atoms. The molecule has 2 aromatic carbocycles. The van der Waals surface area contributed by atoms with Gasteiger partial charge in [-0.05, 0) is 24.6 Å². The molecule has 2 heteroatoms. The van der Waals surface area contributed by atoms with Gasteiger partial charge in [0.15, 0.2) is 0 Å². The SMILES string of the molecule is CCN[C@@H](C)C(O)(c1ccccc1)c1ccccc1. The average Bonchev–Trinajstić information content (AvgIpc) is 2.48. The largest absolute Gasteiger partial charge is 0.379 e. The molecule has 1 atom stereocenters. The van der Waals surface area contributed by atoms with Gasteiger partial charge in [0.25, 0.3) is 0 Å². The van der Waals surface area contributed by atoms with Crippen LogP contribution >= 0.6 is 0 Å². The van der Waals surface area contributed by atoms with Gasteiger partial charge in [0.1, 0.15) is 5.60 Å². The summed E-state index contributed by atoms with van der Waals surface area (Å²) in [4.78, 5) is 0. The number of aliphatic hydroxyl groups is 1. The average molecular weight is 255 g/mol. The van der Waals surface area contributed by atoms with Crippen LogP contribution in [0.2, 0.25) is 0 Å². The zero-order valence-electron chi connectivity index (χ0n) is 11.5. The number of hydrogen-bond donors (Lipinski definition) is 2. The Balaban J connectivity index is 2.51. The first-order valence-corrected chi connectivity index (χ1v) is 6.76. The van der Waals surface area contributed by atoms with Crippen LogP contribution in [-0.4, -0.2) is 17.7 Å². The lowest BCUT2D eigenvalue weighted by atomic mass is 9.81. The first kappa shape index (κ1) is 13.8. The molecule has 2 nitrogen and oxygen atoms in total. The lowest BCUT2D eigenvalue weighted by Gasteiger charge is -2.35. The van der Waals surface area contributed by atoms with Crippen LogP contribution in [0.4, 0.5) is 0 Å². The maximum absolute atomic E-state index is 11.3. The molecular weight excluding hydrogens is 234 g/mol. The molecule has 100 valence electrons. The first-order chi connectivity index (χ1) is 9.19. The molecule has 0 saturated heterocycles. The van der Waals surface area contributed by atoms with Crippen LogP contribution < -0.4 is 5.32 Å². The third kappa shape index (κ3) is 2.70. The fourth-order valence-electron chi connectivity index (χ4n) is 2.51. The van der Waals surface area contributed by atoms with Gasteiger partial charge in [-0.2, -0.15) is 0 Å². The predicted molar refractivity (Wildman–Crippen MR) is 79.0 cm³/mol. The molecule has 2 aromatic rings. The zero-order chi connectivity index (χ0) is 13.7. The van der Waals surface area contributed by atoms with Crippen molar-refractivity contribution < 1.29 is 5.11 Å². The van der Waals surface area contributed by atoms with Crippen molar-refractivity contribution >= 4 is 0 Å². The van der Waals surface area contributed by atoms with E-state index < -0.39 is 5.60 Å². The Bertz CT molecular complexity index is 456. The van der Waals surface area contributed by atoms with Crippen molar-refractivity contribution in [3.05, 3.63) is 71.8 Å². The van der Waals surface area contributed by atoms with Crippen LogP contribution in [0.15, 0.2) is 60.7 Å². The molecule has 2 N–H and O–H groups in total. The minimum atomic E-state index is -1.02. The molecule has 2 rings (SSSR count). The normalized spacial score (nSPS) is 13.2. The lowest BCUT2D eigenvalue weighted by Crippen LogP contribution is -2.47. The molecule has 0 unspecified atom stereocenters. The summed E-state index contributed by atoms with van der Waals surface area (Å²) in [6.45, 7) is 4.89. The molecular formula is C17H21NO. The zero-order valence-corrected chi connectivity index (χ0v) is 11.5. The highest BCUT2D eigenvalue weighted by atomic mass is 16.3. The minimum Gasteiger partial charge on any atom is -0.379 e. The maximum Gasteiger partial charge on any atom is 0.130 e. The van der Waals surface area contributed by atoms with Gasteiger partial charge in [-0.1, -0.05) is 67.6 Å². The summed E-state index contributed by atoms with van der Waals surface area (Å²) in [5, 5.41) is 14.6. The second-order valence-corrected chi connectivity index (χ2v) is 4.78. The lowest BCUT2D eigenvalue weighted by molar-refractivity contribution is 0.0444. The number of hydrogen-bond acceptors (Lipinski definition) is 2. The van der Waals surface area contributed by atoms with Gasteiger partial charge in [-0.25, -0.2) is 0 Å². The van der Waals surface area contributed by atoms with Crippen molar-refractivity contribution in [2.75, 3.05) is 6.54 Å². The summed E-state index contributed by atoms with van der Waals surface area (Å²) < 4.78 is 0. The van der Waals surface area contributed by atoms with Crippen LogP contribution in [0.25, 0.3) is 0 Å². The van der Waals surface area contributed by atoms with E-state index in [2.05, 4.69) is 5.32 Å². The Morgan fingerprint density at radius 2 is 1.37 bits per heavy atom. The van der Waals surface area contributed by atoms with Gasteiger partial charge in [-0.3, -0.25) is 0 Å². The molecule has 0 fully saturated rings. The van der Waals surface area contributed by atoms with Gasteiger partial charge < -0.3 is 10.4 Å². The second-order valence-electron chi connectivity index (χ2n) is 4.78. The van der Waals surface area contributed by atoms with E-state index in [1.165, 1.54) is 0 Å². The van der Waals surface area contributed by atoms with Crippen molar-refractivity contribution in [1.29, 1.82) is 0 Å². The molecule has 0 amide bonds. The van der Waals surface area contributed by atoms with E-state index >= 15 is 0 Å². The fraction of sp³-hybridized carbons (Fsp3) is 0.294. The van der Waals surface area contributed by atoms with E-state index in [0.29, 0.717) is 0 Å². The van der Waals surface area contributed by atoms with Crippen LogP contribution in [-0.2, 0) is 5.60 Å². The van der Waals surface area contributed by atoms with Crippen LogP contribution in [0.5, 0.6) is 0 Å². The van der Waals surface area contributed by atoms with Crippen molar-refractivity contribution in [3.63, 3.8) is 0 Å². The van der Waals surface area contributed by atoms with Crippen molar-refractivity contribution in [1.82, 2.24) is 5.32 Å². The summed E-state index contributed by atoms with van der Waals surface area (Å²) in [5.41, 5.74) is 0.808. The Morgan fingerprint density at radius 3 is 1.74 bits per heavy atom. The topological polar surface area (TPSA) is 32.3 Å². The number of benzene rings is 2. The first-order valence-electron chi connectivity index (χ1n) is 6.76. The van der Waals surface area contributed by atoms with Gasteiger partial charge in [0, 0.05) is 6.04 Å². The third-order valence-electron chi connectivity index (χ3n) is 3.56. The molecule has 19 heavy (non-hydrogen) atoms. The standard InChI is InChI=1S/C17H21NO/c1-3-18-14(2)17(19,15-10-6-4-7-11-15)16-12-8-5-9-13-16/h4-14,18-19H,3H2,1-2H3/t14-/m0/s1. The monoisotopic (exact) mass is 255 g/mol. The van der Waals surface area contributed by atoms with Gasteiger partial charge >= 0.3 is 0 Å². The molecule has 0 aliphatic rings. The second kappa shape index (κ2) is 6.00. The molecule has 0 aliphatic heterocycles. The fourth-order valence-corrected chi connectivity index (χ4v) is 2.51. The van der Waals surface area contributed by atoms with Crippen LogP contribution in [0.3, 0.4) is 0 Å². The van der Waals surface area contributed by atoms with E-state index in [0.717, 1.165) is 17.7 Å². The molecule has 0 spiro atoms. The molecule has 0 heterocycles. The van der Waals surface area contributed by atoms with E-state index in [9.17, 15) is 5.11 Å². The van der Waals surface area contributed by atoms with Crippen molar-refractivity contribution in [2.24, 2.45) is 0 Å². The van der Waals surface area contributed by atoms with E-state index in [1.54, 1.807) is 0 Å². The minimum absolute atomic E-state index is 0.0673. The molecule has 0 aliphatic carbocycles. The quantitative estimate of drug-likeness (QED) is 0.861. The third-order valence-corrected chi connectivity index (χ3v) is 3.56. The van der Waals surface area contributed by atoms with Crippen molar-refractivity contribution in [3.8, 4) is 0 Å². The predicted octanol–water partition coefficient (Wildman–Crippen LogP) is 2.92. The Morgan fingerprint density at radius 1 is 0.947 bits per heavy atom. The van der Waals surface area contributed by atoms with Crippen molar-refractivity contribution in [2.45, 2.75) is 25.5 Å². The summed E-state index contributed by atoms with van der Waals surface area (Å²) in [7, 11) is 0. The highest BCUT2D eigenvalue weighted by Gasteiger charge is 2.36. The highest BCUT2D eigenvalue weighted by molar-refractivity contribution is 5.37. The maximum atomic E-state index is 11.3. The summed E-state index contributed by atoms with van der Waals surface area (Å²) in [5.74, 6) is 0. The number of likely N-dealkylation sites (N-methyl/N-ethyl adjacent to an activating group) is 1. The Hall–Kier alpha value is -1.64. The van der Waals surface area contributed by atoms with E-state index in [-0.39, 0.29) is 6.04 Å². The van der Waals surface area contributed by atoms with Crippen LogP contribution in [0, 0.1) is 0 Å². The highest BCUT2D eigenvalue weighted by Crippen LogP contribution is 2.32. The summed E-state index contributed by atoms with van der Waals surface area (Å²) >= 11 is 0. The number of nitrogens with one attached hydrogen (secondary N) is 1. The Kier molecular flexibility index (Phi) is 4.35. The molecule has 0 aromatic heterocycles. The molecule has 0 saturated carbocycles.